The number of hydrogen-bond donors (Lipinski definition) is 0. The molecule has 11 aromatic rings. The molecule has 0 bridgehead atoms. The van der Waals surface area contributed by atoms with E-state index in [0.717, 1.165) is 44.3 Å². The van der Waals surface area contributed by atoms with Gasteiger partial charge in [0.15, 0.2) is 11.6 Å². The molecule has 4 heterocycles. The molecule has 0 aliphatic rings. The predicted molar refractivity (Wildman–Crippen MR) is 217 cm³/mol. The molecule has 0 radical (unpaired) electrons. The van der Waals surface area contributed by atoms with Gasteiger partial charge in [-0.3, -0.25) is 4.57 Å². The van der Waals surface area contributed by atoms with Crippen molar-refractivity contribution < 1.29 is 0 Å². The summed E-state index contributed by atoms with van der Waals surface area (Å²) in [7, 11) is 0. The monoisotopic (exact) mass is 683 g/mol. The number of hydrogen-bond acceptors (Lipinski definition) is 4. The largest absolute Gasteiger partial charge is 0.306 e. The van der Waals surface area contributed by atoms with Crippen LogP contribution in [0.4, 0.5) is 0 Å². The molecule has 6 heteroatoms. The first-order chi connectivity index (χ1) is 25.7. The Morgan fingerprint density at radius 3 is 1.75 bits per heavy atom. The minimum atomic E-state index is 0.586. The van der Waals surface area contributed by atoms with E-state index in [9.17, 15) is 0 Å². The Morgan fingerprint density at radius 1 is 0.462 bits per heavy atom. The van der Waals surface area contributed by atoms with Gasteiger partial charge in [0, 0.05) is 48.1 Å². The van der Waals surface area contributed by atoms with Crippen LogP contribution in [0.2, 0.25) is 0 Å². The molecule has 4 aromatic heterocycles. The van der Waals surface area contributed by atoms with Gasteiger partial charge in [0.1, 0.15) is 0 Å². The van der Waals surface area contributed by atoms with Crippen LogP contribution in [0.25, 0.3) is 98.2 Å². The normalized spacial score (nSPS) is 11.9. The fourth-order valence-corrected chi connectivity index (χ4v) is 9.27. The maximum absolute atomic E-state index is 5.28. The number of aromatic nitrogens is 5. The zero-order valence-electron chi connectivity index (χ0n) is 28.2. The van der Waals surface area contributed by atoms with E-state index in [1.54, 1.807) is 0 Å². The minimum absolute atomic E-state index is 0.586. The van der Waals surface area contributed by atoms with Gasteiger partial charge in [-0.2, -0.15) is 9.97 Å². The fourth-order valence-electron chi connectivity index (χ4n) is 8.06. The van der Waals surface area contributed by atoms with E-state index in [-0.39, 0.29) is 0 Å². The Morgan fingerprint density at radius 2 is 1.04 bits per heavy atom. The van der Waals surface area contributed by atoms with Crippen LogP contribution >= 0.6 is 11.3 Å². The molecule has 0 saturated heterocycles. The van der Waals surface area contributed by atoms with E-state index in [4.69, 9.17) is 15.0 Å². The minimum Gasteiger partial charge on any atom is -0.306 e. The maximum Gasteiger partial charge on any atom is 0.238 e. The number of benzene rings is 7. The molecule has 0 saturated carbocycles. The van der Waals surface area contributed by atoms with Crippen molar-refractivity contribution in [3.05, 3.63) is 163 Å². The van der Waals surface area contributed by atoms with Crippen molar-refractivity contribution in [3.8, 4) is 34.4 Å². The summed E-state index contributed by atoms with van der Waals surface area (Å²) in [5, 5.41) is 7.32. The Hall–Kier alpha value is -6.63. The van der Waals surface area contributed by atoms with Crippen molar-refractivity contribution in [1.82, 2.24) is 24.1 Å². The average molecular weight is 684 g/mol. The van der Waals surface area contributed by atoms with Crippen LogP contribution in [0.5, 0.6) is 0 Å². The standard InChI is InChI=1S/C46H29N5S/c1-28-27-35-31-19-8-11-23-36(31)50(38-25-14-22-33-32-20-10-13-26-39(32)52-43(33)38)41(35)42-40(28)34-21-9-12-24-37(34)51(42)46-48-44(29-15-4-2-5-16-29)47-45(49-46)30-17-6-3-7-18-30/h2-27H,1H3. The van der Waals surface area contributed by atoms with E-state index in [0.29, 0.717) is 17.6 Å². The molecule has 0 aliphatic heterocycles. The highest BCUT2D eigenvalue weighted by molar-refractivity contribution is 7.26. The molecular weight excluding hydrogens is 655 g/mol. The third-order valence-electron chi connectivity index (χ3n) is 10.3. The van der Waals surface area contributed by atoms with Gasteiger partial charge in [0.05, 0.1) is 32.5 Å². The maximum atomic E-state index is 5.28. The SMILES string of the molecule is Cc1cc2c3ccccc3n(-c3cccc4c3sc3ccccc34)c2c2c1c1ccccc1n2-c1nc(-c2ccccc2)nc(-c2ccccc2)n1. The molecule has 0 unspecified atom stereocenters. The summed E-state index contributed by atoms with van der Waals surface area (Å²) in [4.78, 5) is 15.6. The Labute approximate surface area is 302 Å². The lowest BCUT2D eigenvalue weighted by molar-refractivity contribution is 0.953. The molecular formula is C46H29N5S. The molecule has 11 rings (SSSR count). The van der Waals surface area contributed by atoms with E-state index in [2.05, 4.69) is 137 Å². The zero-order valence-corrected chi connectivity index (χ0v) is 29.0. The molecule has 52 heavy (non-hydrogen) atoms. The van der Waals surface area contributed by atoms with Crippen LogP contribution in [-0.2, 0) is 0 Å². The van der Waals surface area contributed by atoms with E-state index < -0.39 is 0 Å². The first-order valence-corrected chi connectivity index (χ1v) is 18.3. The highest BCUT2D eigenvalue weighted by Crippen LogP contribution is 2.45. The number of para-hydroxylation sites is 2. The Bertz CT molecular complexity index is 3130. The summed E-state index contributed by atoms with van der Waals surface area (Å²) in [6.45, 7) is 2.23. The molecule has 0 N–H and O–H groups in total. The fraction of sp³-hybridized carbons (Fsp3) is 0.0217. The summed E-state index contributed by atoms with van der Waals surface area (Å²) >= 11 is 1.86. The van der Waals surface area contributed by atoms with Crippen LogP contribution in [0.1, 0.15) is 5.56 Å². The highest BCUT2D eigenvalue weighted by Gasteiger charge is 2.25. The number of fused-ring (bicyclic) bond motifs is 10. The molecule has 7 aromatic carbocycles. The molecule has 0 aliphatic carbocycles. The van der Waals surface area contributed by atoms with Crippen molar-refractivity contribution >= 4 is 75.1 Å². The van der Waals surface area contributed by atoms with E-state index >= 15 is 0 Å². The summed E-state index contributed by atoms with van der Waals surface area (Å²) < 4.78 is 7.31. The predicted octanol–water partition coefficient (Wildman–Crippen LogP) is 12.1. The summed E-state index contributed by atoms with van der Waals surface area (Å²) in [5.74, 6) is 1.85. The quantitative estimate of drug-likeness (QED) is 0.185. The number of thiophene rings is 1. The zero-order chi connectivity index (χ0) is 34.3. The first-order valence-electron chi connectivity index (χ1n) is 17.5. The third kappa shape index (κ3) is 4.19. The van der Waals surface area contributed by atoms with Gasteiger partial charge in [-0.1, -0.05) is 127 Å². The molecule has 0 fully saturated rings. The van der Waals surface area contributed by atoms with Crippen molar-refractivity contribution in [1.29, 1.82) is 0 Å². The van der Waals surface area contributed by atoms with Crippen molar-refractivity contribution in [3.63, 3.8) is 0 Å². The van der Waals surface area contributed by atoms with Crippen LogP contribution in [0, 0.1) is 6.92 Å². The lowest BCUT2D eigenvalue weighted by atomic mass is 10.0. The molecule has 0 amide bonds. The number of aryl methyl sites for hydroxylation is 1. The summed E-state index contributed by atoms with van der Waals surface area (Å²) in [6, 6.07) is 55.7. The van der Waals surface area contributed by atoms with Gasteiger partial charge < -0.3 is 4.57 Å². The van der Waals surface area contributed by atoms with E-state index in [1.165, 1.54) is 41.9 Å². The Balaban J connectivity index is 1.34. The second kappa shape index (κ2) is 11.2. The number of rotatable bonds is 4. The highest BCUT2D eigenvalue weighted by atomic mass is 32.1. The molecule has 0 atom stereocenters. The van der Waals surface area contributed by atoms with Gasteiger partial charge in [0.25, 0.3) is 0 Å². The van der Waals surface area contributed by atoms with Gasteiger partial charge in [-0.25, -0.2) is 4.98 Å². The molecule has 244 valence electrons. The van der Waals surface area contributed by atoms with Gasteiger partial charge in [0.2, 0.25) is 5.95 Å². The van der Waals surface area contributed by atoms with Crippen molar-refractivity contribution in [2.75, 3.05) is 0 Å². The van der Waals surface area contributed by atoms with Crippen LogP contribution in [-0.4, -0.2) is 24.1 Å². The summed E-state index contributed by atoms with van der Waals surface area (Å²) in [5.41, 5.74) is 8.68. The Kier molecular flexibility index (Phi) is 6.27. The number of nitrogens with zero attached hydrogens (tertiary/aromatic N) is 5. The van der Waals surface area contributed by atoms with Gasteiger partial charge in [-0.05, 0) is 42.8 Å². The summed E-state index contributed by atoms with van der Waals surface area (Å²) in [6.07, 6.45) is 0. The van der Waals surface area contributed by atoms with Crippen molar-refractivity contribution in [2.45, 2.75) is 6.92 Å². The smallest absolute Gasteiger partial charge is 0.238 e. The van der Waals surface area contributed by atoms with Crippen LogP contribution < -0.4 is 0 Å². The van der Waals surface area contributed by atoms with Crippen LogP contribution in [0.3, 0.4) is 0 Å². The molecule has 5 nitrogen and oxygen atoms in total. The van der Waals surface area contributed by atoms with E-state index in [1.807, 2.05) is 47.7 Å². The lowest BCUT2D eigenvalue weighted by Crippen LogP contribution is -2.07. The van der Waals surface area contributed by atoms with Gasteiger partial charge in [-0.15, -0.1) is 11.3 Å². The van der Waals surface area contributed by atoms with Crippen molar-refractivity contribution in [2.24, 2.45) is 0 Å². The molecule has 0 spiro atoms. The second-order valence-electron chi connectivity index (χ2n) is 13.3. The second-order valence-corrected chi connectivity index (χ2v) is 14.3. The average Bonchev–Trinajstić information content (AvgIpc) is 3.87. The van der Waals surface area contributed by atoms with Crippen LogP contribution in [0.15, 0.2) is 158 Å². The topological polar surface area (TPSA) is 48.5 Å². The lowest BCUT2D eigenvalue weighted by Gasteiger charge is -2.14. The van der Waals surface area contributed by atoms with Gasteiger partial charge >= 0.3 is 0 Å². The first kappa shape index (κ1) is 29.1. The third-order valence-corrected chi connectivity index (χ3v) is 11.5.